The van der Waals surface area contributed by atoms with Gasteiger partial charge in [0.2, 0.25) is 0 Å². The first-order valence-corrected chi connectivity index (χ1v) is 9.26. The van der Waals surface area contributed by atoms with Crippen LogP contribution < -0.4 is 5.32 Å². The average Bonchev–Trinajstić information content (AvgIpc) is 3.22. The van der Waals surface area contributed by atoms with Gasteiger partial charge in [-0.05, 0) is 48.5 Å². The van der Waals surface area contributed by atoms with Crippen LogP contribution in [0.25, 0.3) is 21.8 Å². The minimum Gasteiger partial charge on any atom is -0.463 e. The molecule has 1 unspecified atom stereocenters. The van der Waals surface area contributed by atoms with E-state index in [1.165, 1.54) is 0 Å². The fourth-order valence-electron chi connectivity index (χ4n) is 3.38. The molecule has 2 aromatic heterocycles. The SMILES string of the molecule is OC(C[NH2+]Cc1ccco1)Cn1c2ccc(Cl)cc2c2cc(Cl)ccc21. The molecule has 0 aliphatic heterocycles. The summed E-state index contributed by atoms with van der Waals surface area (Å²) in [7, 11) is 0. The molecule has 1 atom stereocenters. The number of furan rings is 1. The number of nitrogens with two attached hydrogens (primary N) is 1. The van der Waals surface area contributed by atoms with Crippen LogP contribution in [-0.2, 0) is 13.1 Å². The topological polar surface area (TPSA) is 54.9 Å². The van der Waals surface area contributed by atoms with Crippen LogP contribution in [0, 0.1) is 0 Å². The molecule has 134 valence electrons. The molecule has 0 fully saturated rings. The summed E-state index contributed by atoms with van der Waals surface area (Å²) in [5, 5.41) is 16.0. The third-order valence-corrected chi connectivity index (χ3v) is 5.02. The summed E-state index contributed by atoms with van der Waals surface area (Å²) in [6, 6.07) is 15.4. The summed E-state index contributed by atoms with van der Waals surface area (Å²) in [4.78, 5) is 0. The molecule has 0 saturated carbocycles. The molecule has 0 amide bonds. The second-order valence-corrected chi connectivity index (χ2v) is 7.27. The zero-order chi connectivity index (χ0) is 18.1. The number of fused-ring (bicyclic) bond motifs is 3. The van der Waals surface area contributed by atoms with E-state index in [0.29, 0.717) is 29.7 Å². The van der Waals surface area contributed by atoms with E-state index in [2.05, 4.69) is 4.57 Å². The zero-order valence-corrected chi connectivity index (χ0v) is 15.5. The minimum atomic E-state index is -0.491. The summed E-state index contributed by atoms with van der Waals surface area (Å²) in [6.07, 6.45) is 1.17. The highest BCUT2D eigenvalue weighted by molar-refractivity contribution is 6.33. The second kappa shape index (κ2) is 7.33. The van der Waals surface area contributed by atoms with Crippen LogP contribution in [0.4, 0.5) is 0 Å². The Morgan fingerprint density at radius 3 is 2.23 bits per heavy atom. The molecule has 4 nitrogen and oxygen atoms in total. The first-order valence-electron chi connectivity index (χ1n) is 8.51. The van der Waals surface area contributed by atoms with Crippen molar-refractivity contribution >= 4 is 45.0 Å². The van der Waals surface area contributed by atoms with Crippen LogP contribution in [-0.4, -0.2) is 22.3 Å². The monoisotopic (exact) mass is 389 g/mol. The van der Waals surface area contributed by atoms with Crippen LogP contribution in [0.2, 0.25) is 10.0 Å². The lowest BCUT2D eigenvalue weighted by Crippen LogP contribution is -2.85. The lowest BCUT2D eigenvalue weighted by atomic mass is 10.1. The van der Waals surface area contributed by atoms with E-state index in [0.717, 1.165) is 27.6 Å². The Morgan fingerprint density at radius 1 is 1.00 bits per heavy atom. The number of hydrogen-bond donors (Lipinski definition) is 2. The summed E-state index contributed by atoms with van der Waals surface area (Å²) in [5.41, 5.74) is 2.08. The molecule has 2 heterocycles. The first kappa shape index (κ1) is 17.4. The molecule has 4 rings (SSSR count). The van der Waals surface area contributed by atoms with Gasteiger partial charge in [-0.3, -0.25) is 0 Å². The van der Waals surface area contributed by atoms with E-state index in [1.54, 1.807) is 6.26 Å². The summed E-state index contributed by atoms with van der Waals surface area (Å²) >= 11 is 12.4. The van der Waals surface area contributed by atoms with Crippen molar-refractivity contribution in [3.63, 3.8) is 0 Å². The molecular weight excluding hydrogens is 371 g/mol. The highest BCUT2D eigenvalue weighted by Gasteiger charge is 2.15. The van der Waals surface area contributed by atoms with Crippen LogP contribution >= 0.6 is 23.2 Å². The Balaban J connectivity index is 1.60. The fourth-order valence-corrected chi connectivity index (χ4v) is 3.72. The van der Waals surface area contributed by atoms with E-state index in [9.17, 15) is 5.11 Å². The van der Waals surface area contributed by atoms with Crippen molar-refractivity contribution in [2.24, 2.45) is 0 Å². The number of rotatable bonds is 6. The lowest BCUT2D eigenvalue weighted by Gasteiger charge is -2.13. The van der Waals surface area contributed by atoms with Crippen molar-refractivity contribution in [2.75, 3.05) is 6.54 Å². The lowest BCUT2D eigenvalue weighted by molar-refractivity contribution is -0.678. The van der Waals surface area contributed by atoms with E-state index >= 15 is 0 Å². The molecule has 0 aliphatic rings. The van der Waals surface area contributed by atoms with Gasteiger partial charge in [0.05, 0.1) is 12.8 Å². The number of aliphatic hydroxyl groups excluding tert-OH is 1. The number of hydrogen-bond acceptors (Lipinski definition) is 2. The predicted molar refractivity (Wildman–Crippen MR) is 105 cm³/mol. The van der Waals surface area contributed by atoms with E-state index in [1.807, 2.05) is 53.8 Å². The Kier molecular flexibility index (Phi) is 4.92. The summed E-state index contributed by atoms with van der Waals surface area (Å²) < 4.78 is 7.44. The van der Waals surface area contributed by atoms with Gasteiger partial charge >= 0.3 is 0 Å². The van der Waals surface area contributed by atoms with Crippen molar-refractivity contribution in [1.29, 1.82) is 0 Å². The maximum Gasteiger partial charge on any atom is 0.157 e. The summed E-state index contributed by atoms with van der Waals surface area (Å²) in [6.45, 7) is 1.80. The van der Waals surface area contributed by atoms with Crippen molar-refractivity contribution in [3.05, 3.63) is 70.6 Å². The average molecular weight is 390 g/mol. The number of quaternary nitrogens is 1. The zero-order valence-electron chi connectivity index (χ0n) is 14.0. The van der Waals surface area contributed by atoms with E-state index < -0.39 is 6.10 Å². The highest BCUT2D eigenvalue weighted by atomic mass is 35.5. The maximum absolute atomic E-state index is 10.5. The van der Waals surface area contributed by atoms with Gasteiger partial charge in [0, 0.05) is 31.9 Å². The van der Waals surface area contributed by atoms with E-state index in [-0.39, 0.29) is 0 Å². The van der Waals surface area contributed by atoms with Crippen molar-refractivity contribution in [2.45, 2.75) is 19.2 Å². The van der Waals surface area contributed by atoms with Crippen LogP contribution in [0.5, 0.6) is 0 Å². The van der Waals surface area contributed by atoms with E-state index in [4.69, 9.17) is 27.6 Å². The molecule has 0 saturated heterocycles. The maximum atomic E-state index is 10.5. The molecule has 26 heavy (non-hydrogen) atoms. The number of aromatic nitrogens is 1. The van der Waals surface area contributed by atoms with Gasteiger partial charge in [0.15, 0.2) is 5.76 Å². The van der Waals surface area contributed by atoms with Gasteiger partial charge < -0.3 is 19.4 Å². The first-order chi connectivity index (χ1) is 12.6. The van der Waals surface area contributed by atoms with Gasteiger partial charge in [-0.25, -0.2) is 0 Å². The van der Waals surface area contributed by atoms with Crippen molar-refractivity contribution < 1.29 is 14.8 Å². The molecule has 0 aliphatic carbocycles. The van der Waals surface area contributed by atoms with Gasteiger partial charge in [0.25, 0.3) is 0 Å². The van der Waals surface area contributed by atoms with Crippen LogP contribution in [0.1, 0.15) is 5.76 Å². The fraction of sp³-hybridized carbons (Fsp3) is 0.200. The molecular formula is C20H19Cl2N2O2+. The predicted octanol–water partition coefficient (Wildman–Crippen LogP) is 3.82. The third kappa shape index (κ3) is 3.46. The van der Waals surface area contributed by atoms with Gasteiger partial charge in [0.1, 0.15) is 19.2 Å². The molecule has 4 aromatic rings. The molecule has 3 N–H and O–H groups in total. The Morgan fingerprint density at radius 2 is 1.65 bits per heavy atom. The Labute approximate surface area is 160 Å². The van der Waals surface area contributed by atoms with Gasteiger partial charge in [-0.2, -0.15) is 0 Å². The van der Waals surface area contributed by atoms with Crippen molar-refractivity contribution in [1.82, 2.24) is 4.57 Å². The Hall–Kier alpha value is -1.98. The van der Waals surface area contributed by atoms with Crippen LogP contribution in [0.15, 0.2) is 59.2 Å². The van der Waals surface area contributed by atoms with Gasteiger partial charge in [-0.15, -0.1) is 0 Å². The highest BCUT2D eigenvalue weighted by Crippen LogP contribution is 2.32. The smallest absolute Gasteiger partial charge is 0.157 e. The Bertz CT molecular complexity index is 982. The largest absolute Gasteiger partial charge is 0.463 e. The quantitative estimate of drug-likeness (QED) is 0.526. The van der Waals surface area contributed by atoms with Crippen molar-refractivity contribution in [3.8, 4) is 0 Å². The van der Waals surface area contributed by atoms with Crippen LogP contribution in [0.3, 0.4) is 0 Å². The number of benzene rings is 2. The molecule has 2 aromatic carbocycles. The normalized spacial score (nSPS) is 12.9. The number of halogens is 2. The molecule has 0 spiro atoms. The molecule has 0 bridgehead atoms. The molecule has 6 heteroatoms. The van der Waals surface area contributed by atoms with Gasteiger partial charge in [-0.1, -0.05) is 23.2 Å². The molecule has 0 radical (unpaired) electrons. The summed E-state index contributed by atoms with van der Waals surface area (Å²) in [5.74, 6) is 0.901. The standard InChI is InChI=1S/C20H18Cl2N2O2/c21-13-3-5-19-17(8-13)18-9-14(22)4-6-20(18)24(19)12-15(25)10-23-11-16-2-1-7-26-16/h1-9,15,23,25H,10-12H2/p+1. The third-order valence-electron chi connectivity index (χ3n) is 4.55. The number of nitrogens with zero attached hydrogens (tertiary/aromatic N) is 1. The minimum absolute atomic E-state index is 0.491. The number of aliphatic hydroxyl groups is 1. The second-order valence-electron chi connectivity index (χ2n) is 6.40.